The van der Waals surface area contributed by atoms with Crippen LogP contribution in [0.15, 0.2) is 42.5 Å². The summed E-state index contributed by atoms with van der Waals surface area (Å²) in [6.45, 7) is 0. The van der Waals surface area contributed by atoms with Gasteiger partial charge in [-0.05, 0) is 37.0 Å². The van der Waals surface area contributed by atoms with Gasteiger partial charge in [0, 0.05) is 16.3 Å². The molecule has 3 rings (SSSR count). The van der Waals surface area contributed by atoms with E-state index in [1.165, 1.54) is 36.1 Å². The Morgan fingerprint density at radius 1 is 1.10 bits per heavy atom. The first-order valence-electron chi connectivity index (χ1n) is 7.26. The van der Waals surface area contributed by atoms with Gasteiger partial charge in [0.1, 0.15) is 0 Å². The normalized spacial score (nSPS) is 19.1. The molecule has 1 unspecified atom stereocenters. The van der Waals surface area contributed by atoms with Crippen molar-refractivity contribution in [3.63, 3.8) is 0 Å². The minimum Gasteiger partial charge on any atom is -0.327 e. The molecule has 1 aliphatic carbocycles. The third-order valence-electron chi connectivity index (χ3n) is 4.60. The van der Waals surface area contributed by atoms with Crippen LogP contribution >= 0.6 is 22.9 Å². The molecule has 2 N–H and O–H groups in total. The molecule has 0 bridgehead atoms. The quantitative estimate of drug-likeness (QED) is 0.864. The number of hydrogen-bond donors (Lipinski definition) is 1. The third kappa shape index (κ3) is 2.65. The maximum atomic E-state index is 6.65. The fraction of sp³-hybridized carbons (Fsp3) is 0.412. The van der Waals surface area contributed by atoms with Crippen molar-refractivity contribution in [2.45, 2.75) is 43.6 Å². The summed E-state index contributed by atoms with van der Waals surface area (Å²) < 4.78 is 0.854. The van der Waals surface area contributed by atoms with Crippen molar-refractivity contribution in [2.75, 3.05) is 0 Å². The van der Waals surface area contributed by atoms with E-state index in [1.807, 2.05) is 6.07 Å². The first-order chi connectivity index (χ1) is 9.71. The molecular weight excluding hydrogens is 286 g/mol. The molecule has 20 heavy (non-hydrogen) atoms. The molecule has 1 aromatic heterocycles. The highest BCUT2D eigenvalue weighted by atomic mass is 35.5. The summed E-state index contributed by atoms with van der Waals surface area (Å²) in [7, 11) is 0. The standard InChI is InChI=1S/C17H20ClNS/c18-16-9-8-14(20-16)12-15(19)17(10-4-5-11-17)13-6-2-1-3-7-13/h1-3,6-9,15H,4-5,10-12,19H2. The van der Waals surface area contributed by atoms with Crippen molar-refractivity contribution in [3.8, 4) is 0 Å². The molecular formula is C17H20ClNS. The SMILES string of the molecule is NC(Cc1ccc(Cl)s1)C1(c2ccccc2)CCCC1. The smallest absolute Gasteiger partial charge is 0.0931 e. The molecule has 1 aromatic carbocycles. The minimum atomic E-state index is 0.151. The molecule has 1 saturated carbocycles. The van der Waals surface area contributed by atoms with Gasteiger partial charge in [0.25, 0.3) is 0 Å². The third-order valence-corrected chi connectivity index (χ3v) is 5.86. The molecule has 0 amide bonds. The van der Waals surface area contributed by atoms with Gasteiger partial charge in [0.15, 0.2) is 0 Å². The van der Waals surface area contributed by atoms with E-state index in [9.17, 15) is 0 Å². The molecule has 0 saturated heterocycles. The maximum Gasteiger partial charge on any atom is 0.0931 e. The van der Waals surface area contributed by atoms with Gasteiger partial charge in [0.05, 0.1) is 4.34 Å². The molecule has 1 atom stereocenters. The van der Waals surface area contributed by atoms with E-state index < -0.39 is 0 Å². The molecule has 1 nitrogen and oxygen atoms in total. The lowest BCUT2D eigenvalue weighted by Gasteiger charge is -2.36. The first-order valence-corrected chi connectivity index (χ1v) is 8.45. The second-order valence-electron chi connectivity index (χ2n) is 5.75. The molecule has 106 valence electrons. The zero-order valence-electron chi connectivity index (χ0n) is 11.5. The van der Waals surface area contributed by atoms with Crippen LogP contribution in [-0.4, -0.2) is 6.04 Å². The predicted octanol–water partition coefficient (Wildman–Crippen LogP) is 4.78. The monoisotopic (exact) mass is 305 g/mol. The van der Waals surface area contributed by atoms with E-state index in [0.717, 1.165) is 10.8 Å². The summed E-state index contributed by atoms with van der Waals surface area (Å²) in [5.74, 6) is 0. The molecule has 3 heteroatoms. The van der Waals surface area contributed by atoms with Gasteiger partial charge in [0.2, 0.25) is 0 Å². The molecule has 2 aromatic rings. The van der Waals surface area contributed by atoms with Gasteiger partial charge in [-0.3, -0.25) is 0 Å². The van der Waals surface area contributed by atoms with Gasteiger partial charge in [-0.1, -0.05) is 54.8 Å². The van der Waals surface area contributed by atoms with Crippen LogP contribution in [0.25, 0.3) is 0 Å². The molecule has 0 aliphatic heterocycles. The number of hydrogen-bond acceptors (Lipinski definition) is 2. The van der Waals surface area contributed by atoms with E-state index in [2.05, 4.69) is 36.4 Å². The van der Waals surface area contributed by atoms with Gasteiger partial charge >= 0.3 is 0 Å². The summed E-state index contributed by atoms with van der Waals surface area (Å²) in [6.07, 6.45) is 5.91. The Hall–Kier alpha value is -0.830. The summed E-state index contributed by atoms with van der Waals surface area (Å²) in [5, 5.41) is 0. The average Bonchev–Trinajstić information content (AvgIpc) is 3.10. The Balaban J connectivity index is 1.87. The lowest BCUT2D eigenvalue weighted by Crippen LogP contribution is -2.44. The second-order valence-corrected chi connectivity index (χ2v) is 7.55. The lowest BCUT2D eigenvalue weighted by atomic mass is 9.72. The number of nitrogens with two attached hydrogens (primary N) is 1. The summed E-state index contributed by atoms with van der Waals surface area (Å²) >= 11 is 7.69. The molecule has 1 fully saturated rings. The fourth-order valence-electron chi connectivity index (χ4n) is 3.52. The van der Waals surface area contributed by atoms with Crippen LogP contribution in [0.5, 0.6) is 0 Å². The maximum absolute atomic E-state index is 6.65. The van der Waals surface area contributed by atoms with Crippen LogP contribution in [0.3, 0.4) is 0 Å². The predicted molar refractivity (Wildman–Crippen MR) is 87.6 cm³/mol. The van der Waals surface area contributed by atoms with Crippen LogP contribution in [-0.2, 0) is 11.8 Å². The Morgan fingerprint density at radius 2 is 1.80 bits per heavy atom. The molecule has 0 radical (unpaired) electrons. The number of benzene rings is 1. The highest BCUT2D eigenvalue weighted by Gasteiger charge is 2.40. The van der Waals surface area contributed by atoms with Crippen molar-refractivity contribution in [1.29, 1.82) is 0 Å². The highest BCUT2D eigenvalue weighted by Crippen LogP contribution is 2.44. The van der Waals surface area contributed by atoms with Crippen LogP contribution in [0.4, 0.5) is 0 Å². The zero-order chi connectivity index (χ0) is 14.0. The molecule has 1 aliphatic rings. The summed E-state index contributed by atoms with van der Waals surface area (Å²) in [5.41, 5.74) is 8.21. The summed E-state index contributed by atoms with van der Waals surface area (Å²) in [4.78, 5) is 1.30. The Bertz CT molecular complexity index is 557. The molecule has 1 heterocycles. The zero-order valence-corrected chi connectivity index (χ0v) is 13.1. The van der Waals surface area contributed by atoms with Gasteiger partial charge in [-0.25, -0.2) is 0 Å². The van der Waals surface area contributed by atoms with Crippen LogP contribution in [0.1, 0.15) is 36.1 Å². The fourth-order valence-corrected chi connectivity index (χ4v) is 4.67. The summed E-state index contributed by atoms with van der Waals surface area (Å²) in [6, 6.07) is 15.1. The van der Waals surface area contributed by atoms with Crippen molar-refractivity contribution in [1.82, 2.24) is 0 Å². The van der Waals surface area contributed by atoms with E-state index in [0.29, 0.717) is 0 Å². The van der Waals surface area contributed by atoms with E-state index in [1.54, 1.807) is 11.3 Å². The topological polar surface area (TPSA) is 26.0 Å². The van der Waals surface area contributed by atoms with Crippen molar-refractivity contribution in [3.05, 3.63) is 57.2 Å². The Labute approximate surface area is 129 Å². The largest absolute Gasteiger partial charge is 0.327 e. The first kappa shape index (κ1) is 14.1. The van der Waals surface area contributed by atoms with Crippen molar-refractivity contribution < 1.29 is 0 Å². The minimum absolute atomic E-state index is 0.151. The second kappa shape index (κ2) is 5.88. The van der Waals surface area contributed by atoms with Gasteiger partial charge < -0.3 is 5.73 Å². The number of rotatable bonds is 4. The Morgan fingerprint density at radius 3 is 2.40 bits per heavy atom. The van der Waals surface area contributed by atoms with Gasteiger partial charge in [-0.15, -0.1) is 11.3 Å². The van der Waals surface area contributed by atoms with E-state index in [-0.39, 0.29) is 11.5 Å². The van der Waals surface area contributed by atoms with E-state index >= 15 is 0 Å². The van der Waals surface area contributed by atoms with Crippen LogP contribution < -0.4 is 5.73 Å². The van der Waals surface area contributed by atoms with E-state index in [4.69, 9.17) is 17.3 Å². The van der Waals surface area contributed by atoms with Crippen molar-refractivity contribution in [2.24, 2.45) is 5.73 Å². The lowest BCUT2D eigenvalue weighted by molar-refractivity contribution is 0.348. The highest BCUT2D eigenvalue weighted by molar-refractivity contribution is 7.16. The number of thiophene rings is 1. The van der Waals surface area contributed by atoms with Crippen LogP contribution in [0, 0.1) is 0 Å². The average molecular weight is 306 g/mol. The van der Waals surface area contributed by atoms with Crippen LogP contribution in [0.2, 0.25) is 4.34 Å². The Kier molecular flexibility index (Phi) is 4.16. The molecule has 0 spiro atoms. The van der Waals surface area contributed by atoms with Gasteiger partial charge in [-0.2, -0.15) is 0 Å². The number of halogens is 1. The van der Waals surface area contributed by atoms with Crippen molar-refractivity contribution >= 4 is 22.9 Å².